The fourth-order valence-electron chi connectivity index (χ4n) is 3.06. The van der Waals surface area contributed by atoms with Crippen LogP contribution in [0.5, 0.6) is 0 Å². The zero-order valence-electron chi connectivity index (χ0n) is 14.1. The van der Waals surface area contributed by atoms with E-state index in [-0.39, 0.29) is 16.7 Å². The van der Waals surface area contributed by atoms with Crippen LogP contribution >= 0.6 is 0 Å². The number of carbonyl (C=O) groups excluding carboxylic acids is 2. The standard InChI is InChI=1S/C19H24O5/c1-2-3-4-5-6-7-8-9-10-13-11-14(17(20)21)12-15-16(13)19(23)24-18(15)22/h11-12H,2-10H2,1H3,(H,20,21). The first kappa shape index (κ1) is 18.2. The van der Waals surface area contributed by atoms with Crippen molar-refractivity contribution >= 4 is 17.9 Å². The molecule has 0 unspecified atom stereocenters. The van der Waals surface area contributed by atoms with Crippen molar-refractivity contribution in [3.8, 4) is 0 Å². The Bertz CT molecular complexity index is 633. The molecular weight excluding hydrogens is 308 g/mol. The van der Waals surface area contributed by atoms with Gasteiger partial charge in [-0.05, 0) is 30.5 Å². The second-order valence-electron chi connectivity index (χ2n) is 6.26. The van der Waals surface area contributed by atoms with Gasteiger partial charge in [0, 0.05) is 0 Å². The molecule has 5 heteroatoms. The first-order chi connectivity index (χ1) is 11.5. The lowest BCUT2D eigenvalue weighted by atomic mass is 9.95. The first-order valence-electron chi connectivity index (χ1n) is 8.71. The largest absolute Gasteiger partial charge is 0.478 e. The molecule has 2 rings (SSSR count). The maximum atomic E-state index is 11.8. The van der Waals surface area contributed by atoms with Crippen LogP contribution in [0.15, 0.2) is 12.1 Å². The number of aromatic carboxylic acids is 1. The van der Waals surface area contributed by atoms with E-state index in [9.17, 15) is 14.4 Å². The molecule has 1 aromatic carbocycles. The van der Waals surface area contributed by atoms with Gasteiger partial charge >= 0.3 is 17.9 Å². The van der Waals surface area contributed by atoms with E-state index in [0.717, 1.165) is 19.3 Å². The van der Waals surface area contributed by atoms with Crippen LogP contribution in [0.4, 0.5) is 0 Å². The predicted octanol–water partition coefficient (Wildman–Crippen LogP) is 4.38. The van der Waals surface area contributed by atoms with Crippen LogP contribution in [0.3, 0.4) is 0 Å². The smallest absolute Gasteiger partial charge is 0.347 e. The first-order valence-corrected chi connectivity index (χ1v) is 8.71. The molecule has 1 aromatic rings. The summed E-state index contributed by atoms with van der Waals surface area (Å²) >= 11 is 0. The number of esters is 2. The summed E-state index contributed by atoms with van der Waals surface area (Å²) < 4.78 is 4.62. The molecule has 0 atom stereocenters. The Kier molecular flexibility index (Phi) is 6.53. The molecule has 0 aliphatic carbocycles. The number of carboxylic acids is 1. The molecule has 1 heterocycles. The van der Waals surface area contributed by atoms with Crippen molar-refractivity contribution < 1.29 is 24.2 Å². The predicted molar refractivity (Wildman–Crippen MR) is 89.5 cm³/mol. The molecule has 0 spiro atoms. The van der Waals surface area contributed by atoms with Gasteiger partial charge in [-0.1, -0.05) is 51.9 Å². The molecule has 1 aliphatic rings. The van der Waals surface area contributed by atoms with Crippen molar-refractivity contribution in [2.45, 2.75) is 64.7 Å². The number of unbranched alkanes of at least 4 members (excludes halogenated alkanes) is 7. The summed E-state index contributed by atoms with van der Waals surface area (Å²) in [6.07, 6.45) is 9.86. The van der Waals surface area contributed by atoms with Crippen LogP contribution in [0, 0.1) is 0 Å². The number of cyclic esters (lactones) is 2. The quantitative estimate of drug-likeness (QED) is 0.391. The van der Waals surface area contributed by atoms with E-state index in [1.807, 2.05) is 0 Å². The monoisotopic (exact) mass is 332 g/mol. The Morgan fingerprint density at radius 2 is 1.58 bits per heavy atom. The third-order valence-corrected chi connectivity index (χ3v) is 4.38. The van der Waals surface area contributed by atoms with Gasteiger partial charge in [0.2, 0.25) is 0 Å². The molecule has 1 N–H and O–H groups in total. The highest BCUT2D eigenvalue weighted by Gasteiger charge is 2.33. The lowest BCUT2D eigenvalue weighted by Crippen LogP contribution is -2.05. The van der Waals surface area contributed by atoms with E-state index >= 15 is 0 Å². The van der Waals surface area contributed by atoms with Crippen molar-refractivity contribution in [1.29, 1.82) is 0 Å². The highest BCUT2D eigenvalue weighted by atomic mass is 16.6. The third kappa shape index (κ3) is 4.43. The van der Waals surface area contributed by atoms with Crippen molar-refractivity contribution in [3.05, 3.63) is 34.4 Å². The van der Waals surface area contributed by atoms with Crippen LogP contribution in [0.1, 0.15) is 94.9 Å². The van der Waals surface area contributed by atoms with Gasteiger partial charge in [0.1, 0.15) is 0 Å². The Morgan fingerprint density at radius 1 is 0.958 bits per heavy atom. The third-order valence-electron chi connectivity index (χ3n) is 4.38. The molecule has 1 aliphatic heterocycles. The van der Waals surface area contributed by atoms with Crippen LogP contribution in [0.25, 0.3) is 0 Å². The number of fused-ring (bicyclic) bond motifs is 1. The summed E-state index contributed by atoms with van der Waals surface area (Å²) in [7, 11) is 0. The highest BCUT2D eigenvalue weighted by molar-refractivity contribution is 6.16. The summed E-state index contributed by atoms with van der Waals surface area (Å²) in [5.74, 6) is -2.53. The van der Waals surface area contributed by atoms with Crippen LogP contribution in [0.2, 0.25) is 0 Å². The summed E-state index contributed by atoms with van der Waals surface area (Å²) in [6.45, 7) is 2.19. The molecule has 5 nitrogen and oxygen atoms in total. The second kappa shape index (κ2) is 8.62. The second-order valence-corrected chi connectivity index (χ2v) is 6.26. The lowest BCUT2D eigenvalue weighted by Gasteiger charge is -2.07. The Morgan fingerprint density at radius 3 is 2.21 bits per heavy atom. The number of carbonyl (C=O) groups is 3. The van der Waals surface area contributed by atoms with E-state index in [0.29, 0.717) is 12.0 Å². The Hall–Kier alpha value is -2.17. The number of ether oxygens (including phenoxy) is 1. The maximum absolute atomic E-state index is 11.8. The average molecular weight is 332 g/mol. The van der Waals surface area contributed by atoms with Crippen molar-refractivity contribution in [1.82, 2.24) is 0 Å². The summed E-state index contributed by atoms with van der Waals surface area (Å²) in [5.41, 5.74) is 0.948. The summed E-state index contributed by atoms with van der Waals surface area (Å²) in [4.78, 5) is 34.7. The fraction of sp³-hybridized carbons (Fsp3) is 0.526. The lowest BCUT2D eigenvalue weighted by molar-refractivity contribution is 0.0443. The molecule has 0 bridgehead atoms. The van der Waals surface area contributed by atoms with Crippen LogP contribution in [-0.4, -0.2) is 23.0 Å². The SMILES string of the molecule is CCCCCCCCCCc1cc(C(=O)O)cc2c1C(=O)OC2=O. The minimum Gasteiger partial charge on any atom is -0.478 e. The molecule has 0 aromatic heterocycles. The minimum atomic E-state index is -1.11. The summed E-state index contributed by atoms with van der Waals surface area (Å²) in [6, 6.07) is 2.71. The highest BCUT2D eigenvalue weighted by Crippen LogP contribution is 2.27. The number of hydrogen-bond donors (Lipinski definition) is 1. The van der Waals surface area contributed by atoms with Crippen molar-refractivity contribution in [2.24, 2.45) is 0 Å². The van der Waals surface area contributed by atoms with E-state index in [1.165, 1.54) is 44.2 Å². The molecular formula is C19H24O5. The van der Waals surface area contributed by atoms with Gasteiger partial charge in [0.15, 0.2) is 0 Å². The van der Waals surface area contributed by atoms with Crippen LogP contribution in [-0.2, 0) is 11.2 Å². The molecule has 130 valence electrons. The van der Waals surface area contributed by atoms with Crippen molar-refractivity contribution in [2.75, 3.05) is 0 Å². The molecule has 0 radical (unpaired) electrons. The van der Waals surface area contributed by atoms with Gasteiger partial charge in [-0.25, -0.2) is 14.4 Å². The maximum Gasteiger partial charge on any atom is 0.347 e. The molecule has 24 heavy (non-hydrogen) atoms. The average Bonchev–Trinajstić information content (AvgIpc) is 2.84. The zero-order chi connectivity index (χ0) is 17.5. The van der Waals surface area contributed by atoms with E-state index in [1.54, 1.807) is 0 Å². The zero-order valence-corrected chi connectivity index (χ0v) is 14.1. The molecule has 0 amide bonds. The van der Waals surface area contributed by atoms with Gasteiger partial charge in [-0.15, -0.1) is 0 Å². The van der Waals surface area contributed by atoms with Gasteiger partial charge < -0.3 is 9.84 Å². The number of benzene rings is 1. The van der Waals surface area contributed by atoms with E-state index in [2.05, 4.69) is 11.7 Å². The van der Waals surface area contributed by atoms with Gasteiger partial charge in [-0.3, -0.25) is 0 Å². The molecule has 0 saturated heterocycles. The fourth-order valence-corrected chi connectivity index (χ4v) is 3.06. The van der Waals surface area contributed by atoms with Crippen molar-refractivity contribution in [3.63, 3.8) is 0 Å². The molecule has 0 saturated carbocycles. The normalized spacial score (nSPS) is 13.0. The topological polar surface area (TPSA) is 80.7 Å². The number of carboxylic acid groups (broad SMARTS) is 1. The van der Waals surface area contributed by atoms with E-state index in [4.69, 9.17) is 5.11 Å². The van der Waals surface area contributed by atoms with E-state index < -0.39 is 17.9 Å². The number of aryl methyl sites for hydroxylation is 1. The van der Waals surface area contributed by atoms with Gasteiger partial charge in [0.05, 0.1) is 16.7 Å². The Labute approximate surface area is 142 Å². The van der Waals surface area contributed by atoms with Crippen LogP contribution < -0.4 is 0 Å². The van der Waals surface area contributed by atoms with Gasteiger partial charge in [0.25, 0.3) is 0 Å². The van der Waals surface area contributed by atoms with Gasteiger partial charge in [-0.2, -0.15) is 0 Å². The number of hydrogen-bond acceptors (Lipinski definition) is 4. The summed E-state index contributed by atoms with van der Waals surface area (Å²) in [5, 5.41) is 9.17. The Balaban J connectivity index is 1.95. The number of rotatable bonds is 10. The molecule has 0 fully saturated rings. The minimum absolute atomic E-state index is 0.0231.